The molecule has 3 aromatic carbocycles. The van der Waals surface area contributed by atoms with Gasteiger partial charge in [0, 0.05) is 19.0 Å². The fraction of sp³-hybridized carbons (Fsp3) is 0.333. The molecule has 2 amide bonds. The Kier molecular flexibility index (Phi) is 6.77. The van der Waals surface area contributed by atoms with E-state index in [9.17, 15) is 14.0 Å². The number of carbonyl (C=O) groups is 2. The van der Waals surface area contributed by atoms with Gasteiger partial charge in [-0.2, -0.15) is 0 Å². The average Bonchev–Trinajstić information content (AvgIpc) is 3.72. The van der Waals surface area contributed by atoms with Gasteiger partial charge in [0.25, 0.3) is 5.91 Å². The van der Waals surface area contributed by atoms with E-state index < -0.39 is 6.10 Å². The molecule has 1 aliphatic carbocycles. The number of rotatable bonds is 7. The predicted molar refractivity (Wildman–Crippen MR) is 136 cm³/mol. The maximum absolute atomic E-state index is 13.2. The largest absolute Gasteiger partial charge is 0.481 e. The third kappa shape index (κ3) is 5.27. The zero-order valence-electron chi connectivity index (χ0n) is 20.7. The Morgan fingerprint density at radius 3 is 2.58 bits per heavy atom. The SMILES string of the molecule is Cc1cccc([C@@H]2c3cc(O[C@H](C)C(=O)NCc4ccc(F)cc4)ccc3CCN2C(=O)C2CC2)c1. The summed E-state index contributed by atoms with van der Waals surface area (Å²) in [6, 6.07) is 20.1. The normalized spacial score (nSPS) is 17.8. The van der Waals surface area contributed by atoms with Gasteiger partial charge in [0.15, 0.2) is 6.10 Å². The average molecular weight is 487 g/mol. The Bertz CT molecular complexity index is 1270. The standard InChI is InChI=1S/C30H31FN2O3/c1-19-4-3-5-24(16-19)28-27-17-26(13-10-22(27)14-15-33(28)30(35)23-8-9-23)36-20(2)29(34)32-18-21-6-11-25(31)12-7-21/h3-7,10-13,16-17,20,23,28H,8-9,14-15,18H2,1-2H3,(H,32,34)/t20-,28-/m1/s1. The van der Waals surface area contributed by atoms with Crippen LogP contribution in [-0.4, -0.2) is 29.4 Å². The van der Waals surface area contributed by atoms with Gasteiger partial charge < -0.3 is 15.0 Å². The molecule has 1 aliphatic heterocycles. The lowest BCUT2D eigenvalue weighted by atomic mass is 9.87. The Morgan fingerprint density at radius 2 is 1.86 bits per heavy atom. The molecule has 0 radical (unpaired) electrons. The van der Waals surface area contributed by atoms with Crippen LogP contribution in [0.25, 0.3) is 0 Å². The highest BCUT2D eigenvalue weighted by molar-refractivity contribution is 5.82. The van der Waals surface area contributed by atoms with Crippen molar-refractivity contribution in [2.24, 2.45) is 5.92 Å². The van der Waals surface area contributed by atoms with Crippen LogP contribution in [0.15, 0.2) is 66.7 Å². The van der Waals surface area contributed by atoms with Crippen molar-refractivity contribution < 1.29 is 18.7 Å². The number of halogens is 1. The van der Waals surface area contributed by atoms with Crippen molar-refractivity contribution in [3.8, 4) is 5.75 Å². The van der Waals surface area contributed by atoms with E-state index in [0.29, 0.717) is 18.8 Å². The Labute approximate surface area is 211 Å². The molecule has 2 aliphatic rings. The van der Waals surface area contributed by atoms with E-state index in [2.05, 4.69) is 36.5 Å². The summed E-state index contributed by atoms with van der Waals surface area (Å²) in [6.45, 7) is 4.76. The number of fused-ring (bicyclic) bond motifs is 1. The Morgan fingerprint density at radius 1 is 1.08 bits per heavy atom. The lowest BCUT2D eigenvalue weighted by Crippen LogP contribution is -2.41. The minimum atomic E-state index is -0.714. The summed E-state index contributed by atoms with van der Waals surface area (Å²) in [5.74, 6) is 0.403. The van der Waals surface area contributed by atoms with E-state index >= 15 is 0 Å². The number of hydrogen-bond acceptors (Lipinski definition) is 3. The maximum atomic E-state index is 13.2. The highest BCUT2D eigenvalue weighted by Gasteiger charge is 2.39. The lowest BCUT2D eigenvalue weighted by molar-refractivity contribution is -0.134. The predicted octanol–water partition coefficient (Wildman–Crippen LogP) is 5.10. The number of nitrogens with one attached hydrogen (secondary N) is 1. The van der Waals surface area contributed by atoms with Crippen molar-refractivity contribution in [3.05, 3.63) is 100 Å². The maximum Gasteiger partial charge on any atom is 0.261 e. The fourth-order valence-electron chi connectivity index (χ4n) is 4.86. The first-order valence-electron chi connectivity index (χ1n) is 12.6. The molecule has 1 N–H and O–H groups in total. The summed E-state index contributed by atoms with van der Waals surface area (Å²) in [5.41, 5.74) is 5.30. The Hall–Kier alpha value is -3.67. The molecule has 5 rings (SSSR count). The van der Waals surface area contributed by atoms with E-state index in [0.717, 1.165) is 41.5 Å². The van der Waals surface area contributed by atoms with Crippen molar-refractivity contribution in [3.63, 3.8) is 0 Å². The Balaban J connectivity index is 1.35. The molecule has 0 spiro atoms. The molecule has 6 heteroatoms. The second-order valence-corrected chi connectivity index (χ2v) is 9.84. The van der Waals surface area contributed by atoms with Crippen LogP contribution in [-0.2, 0) is 22.6 Å². The van der Waals surface area contributed by atoms with Crippen molar-refractivity contribution in [2.75, 3.05) is 6.54 Å². The molecule has 1 fully saturated rings. The molecule has 3 aromatic rings. The minimum absolute atomic E-state index is 0.142. The van der Waals surface area contributed by atoms with Gasteiger partial charge in [-0.3, -0.25) is 9.59 Å². The van der Waals surface area contributed by atoms with Gasteiger partial charge in [0.2, 0.25) is 5.91 Å². The van der Waals surface area contributed by atoms with Gasteiger partial charge in [-0.25, -0.2) is 4.39 Å². The molecule has 186 valence electrons. The van der Waals surface area contributed by atoms with Gasteiger partial charge in [-0.05, 0) is 79.6 Å². The number of hydrogen-bond donors (Lipinski definition) is 1. The van der Waals surface area contributed by atoms with Crippen LogP contribution >= 0.6 is 0 Å². The third-order valence-corrected chi connectivity index (χ3v) is 6.98. The first-order valence-corrected chi connectivity index (χ1v) is 12.6. The van der Waals surface area contributed by atoms with Crippen LogP contribution in [0.4, 0.5) is 4.39 Å². The molecule has 0 bridgehead atoms. The van der Waals surface area contributed by atoms with E-state index in [-0.39, 0.29) is 29.6 Å². The van der Waals surface area contributed by atoms with Crippen LogP contribution in [0, 0.1) is 18.7 Å². The molecular weight excluding hydrogens is 455 g/mol. The second kappa shape index (κ2) is 10.1. The molecule has 0 unspecified atom stereocenters. The molecule has 2 atom stereocenters. The molecule has 36 heavy (non-hydrogen) atoms. The monoisotopic (exact) mass is 486 g/mol. The first kappa shape index (κ1) is 24.0. The lowest BCUT2D eigenvalue weighted by Gasteiger charge is -2.38. The minimum Gasteiger partial charge on any atom is -0.481 e. The van der Waals surface area contributed by atoms with Crippen LogP contribution in [0.2, 0.25) is 0 Å². The molecule has 1 saturated carbocycles. The van der Waals surface area contributed by atoms with E-state index in [1.54, 1.807) is 19.1 Å². The third-order valence-electron chi connectivity index (χ3n) is 6.98. The van der Waals surface area contributed by atoms with Crippen molar-refractivity contribution in [2.45, 2.75) is 51.8 Å². The number of aryl methyl sites for hydroxylation is 1. The highest BCUT2D eigenvalue weighted by Crippen LogP contribution is 2.41. The van der Waals surface area contributed by atoms with Gasteiger partial charge >= 0.3 is 0 Å². The van der Waals surface area contributed by atoms with Gasteiger partial charge in [0.1, 0.15) is 11.6 Å². The summed E-state index contributed by atoms with van der Waals surface area (Å²) in [5, 5.41) is 2.84. The molecule has 1 heterocycles. The number of benzene rings is 3. The fourth-order valence-corrected chi connectivity index (χ4v) is 4.86. The molecular formula is C30H31FN2O3. The van der Waals surface area contributed by atoms with Gasteiger partial charge in [-0.15, -0.1) is 0 Å². The van der Waals surface area contributed by atoms with E-state index in [1.807, 2.05) is 23.1 Å². The second-order valence-electron chi connectivity index (χ2n) is 9.84. The highest BCUT2D eigenvalue weighted by atomic mass is 19.1. The van der Waals surface area contributed by atoms with E-state index in [1.165, 1.54) is 17.7 Å². The van der Waals surface area contributed by atoms with Crippen molar-refractivity contribution >= 4 is 11.8 Å². The quantitative estimate of drug-likeness (QED) is 0.505. The summed E-state index contributed by atoms with van der Waals surface area (Å²) >= 11 is 0. The van der Waals surface area contributed by atoms with Crippen LogP contribution < -0.4 is 10.1 Å². The topological polar surface area (TPSA) is 58.6 Å². The van der Waals surface area contributed by atoms with Gasteiger partial charge in [-0.1, -0.05) is 48.0 Å². The summed E-state index contributed by atoms with van der Waals surface area (Å²) in [6.07, 6.45) is 2.02. The number of nitrogens with zero attached hydrogens (tertiary/aromatic N) is 1. The van der Waals surface area contributed by atoms with Crippen LogP contribution in [0.1, 0.15) is 53.6 Å². The molecule has 0 aromatic heterocycles. The van der Waals surface area contributed by atoms with Crippen molar-refractivity contribution in [1.29, 1.82) is 0 Å². The number of amides is 2. The number of ether oxygens (including phenoxy) is 1. The van der Waals surface area contributed by atoms with E-state index in [4.69, 9.17) is 4.74 Å². The zero-order chi connectivity index (χ0) is 25.2. The zero-order valence-corrected chi connectivity index (χ0v) is 20.7. The number of carbonyl (C=O) groups excluding carboxylic acids is 2. The smallest absolute Gasteiger partial charge is 0.261 e. The first-order chi connectivity index (χ1) is 17.4. The summed E-state index contributed by atoms with van der Waals surface area (Å²) in [4.78, 5) is 27.9. The van der Waals surface area contributed by atoms with Gasteiger partial charge in [0.05, 0.1) is 6.04 Å². The van der Waals surface area contributed by atoms with Crippen LogP contribution in [0.3, 0.4) is 0 Å². The van der Waals surface area contributed by atoms with Crippen molar-refractivity contribution in [1.82, 2.24) is 10.2 Å². The summed E-state index contributed by atoms with van der Waals surface area (Å²) < 4.78 is 19.2. The molecule has 0 saturated heterocycles. The molecule has 5 nitrogen and oxygen atoms in total. The van der Waals surface area contributed by atoms with Crippen LogP contribution in [0.5, 0.6) is 5.75 Å². The summed E-state index contributed by atoms with van der Waals surface area (Å²) in [7, 11) is 0.